The molecule has 4 nitrogen and oxygen atoms in total. The zero-order valence-electron chi connectivity index (χ0n) is 13.3. The van der Waals surface area contributed by atoms with E-state index in [4.69, 9.17) is 9.15 Å². The van der Waals surface area contributed by atoms with Gasteiger partial charge >= 0.3 is 5.97 Å². The first-order chi connectivity index (χ1) is 12.6. The molecule has 0 N–H and O–H groups in total. The van der Waals surface area contributed by atoms with Crippen molar-refractivity contribution in [3.8, 4) is 11.8 Å². The Balaban J connectivity index is 1.86. The number of nitrogens with zero attached hydrogens (tertiary/aromatic N) is 1. The Morgan fingerprint density at radius 2 is 1.96 bits per heavy atom. The van der Waals surface area contributed by atoms with Gasteiger partial charge in [0.25, 0.3) is 0 Å². The number of esters is 1. The zero-order valence-corrected chi connectivity index (χ0v) is 14.9. The summed E-state index contributed by atoms with van der Waals surface area (Å²) in [5, 5.41) is 9.34. The lowest BCUT2D eigenvalue weighted by atomic mass is 10.0. The molecule has 0 fully saturated rings. The zero-order chi connectivity index (χ0) is 18.5. The quantitative estimate of drug-likeness (QED) is 0.247. The van der Waals surface area contributed by atoms with Crippen LogP contribution < -0.4 is 4.74 Å². The maximum Gasteiger partial charge on any atom is 0.379 e. The molecule has 26 heavy (non-hydrogen) atoms. The molecule has 0 saturated carbocycles. The van der Waals surface area contributed by atoms with Crippen LogP contribution in [0.2, 0.25) is 0 Å². The molecule has 0 aliphatic carbocycles. The highest BCUT2D eigenvalue weighted by molar-refractivity contribution is 9.10. The minimum absolute atomic E-state index is 0.0573. The normalized spacial score (nSPS) is 11.0. The molecule has 128 valence electrons. The van der Waals surface area contributed by atoms with Crippen LogP contribution in [0, 0.1) is 17.1 Å². The second-order valence-corrected chi connectivity index (χ2v) is 6.00. The Kier molecular flexibility index (Phi) is 5.30. The fourth-order valence-electron chi connectivity index (χ4n) is 2.27. The fraction of sp³-hybridized carbons (Fsp3) is 0. The van der Waals surface area contributed by atoms with Gasteiger partial charge in [-0.2, -0.15) is 5.26 Å². The second kappa shape index (κ2) is 7.81. The minimum Gasteiger partial charge on any atom is -0.442 e. The topological polar surface area (TPSA) is 63.2 Å². The van der Waals surface area contributed by atoms with Crippen molar-refractivity contribution in [2.45, 2.75) is 0 Å². The van der Waals surface area contributed by atoms with Crippen molar-refractivity contribution >= 4 is 33.5 Å². The van der Waals surface area contributed by atoms with Gasteiger partial charge in [-0.1, -0.05) is 30.3 Å². The van der Waals surface area contributed by atoms with Crippen molar-refractivity contribution in [1.82, 2.24) is 0 Å². The molecule has 0 saturated heterocycles. The standard InChI is InChI=1S/C20H11BrFNO3/c21-19-9-8-18(26-19)20(24)25-15-5-3-4-13(11-15)10-14(12-23)16-6-1-2-7-17(16)22/h1-11H/b14-10-. The maximum absolute atomic E-state index is 13.9. The molecule has 0 atom stereocenters. The number of hydrogen-bond donors (Lipinski definition) is 0. The highest BCUT2D eigenvalue weighted by atomic mass is 79.9. The first kappa shape index (κ1) is 17.6. The van der Waals surface area contributed by atoms with Crippen LogP contribution in [-0.2, 0) is 0 Å². The number of halogens is 2. The highest BCUT2D eigenvalue weighted by Crippen LogP contribution is 2.23. The maximum atomic E-state index is 13.9. The molecule has 3 aromatic rings. The SMILES string of the molecule is N#C/C(=C/c1cccc(OC(=O)c2ccc(Br)o2)c1)c1ccccc1F. The van der Waals surface area contributed by atoms with E-state index < -0.39 is 11.8 Å². The number of carbonyl (C=O) groups excluding carboxylic acids is 1. The molecular formula is C20H11BrFNO3. The predicted octanol–water partition coefficient (Wildman–Crippen LogP) is 5.46. The lowest BCUT2D eigenvalue weighted by Gasteiger charge is -2.05. The third-order valence-electron chi connectivity index (χ3n) is 3.44. The molecule has 0 aliphatic rings. The summed E-state index contributed by atoms with van der Waals surface area (Å²) in [5.41, 5.74) is 0.968. The number of hydrogen-bond acceptors (Lipinski definition) is 4. The third kappa shape index (κ3) is 4.08. The molecular weight excluding hydrogens is 401 g/mol. The number of nitriles is 1. The van der Waals surface area contributed by atoms with Gasteiger partial charge in [-0.15, -0.1) is 0 Å². The van der Waals surface area contributed by atoms with Crippen molar-refractivity contribution < 1.29 is 18.3 Å². The van der Waals surface area contributed by atoms with Crippen LogP contribution in [0.1, 0.15) is 21.7 Å². The Hall–Kier alpha value is -3.17. The molecule has 2 aromatic carbocycles. The summed E-state index contributed by atoms with van der Waals surface area (Å²) in [6, 6.07) is 17.7. The van der Waals surface area contributed by atoms with Crippen molar-refractivity contribution in [3.05, 3.63) is 88.0 Å². The first-order valence-electron chi connectivity index (χ1n) is 7.51. The number of benzene rings is 2. The van der Waals surface area contributed by atoms with Gasteiger partial charge in [0.1, 0.15) is 11.6 Å². The van der Waals surface area contributed by atoms with Gasteiger partial charge in [0.05, 0.1) is 11.6 Å². The predicted molar refractivity (Wildman–Crippen MR) is 97.7 cm³/mol. The molecule has 1 aromatic heterocycles. The summed E-state index contributed by atoms with van der Waals surface area (Å²) in [5.74, 6) is -0.790. The summed E-state index contributed by atoms with van der Waals surface area (Å²) in [6.45, 7) is 0. The van der Waals surface area contributed by atoms with E-state index in [0.29, 0.717) is 10.2 Å². The van der Waals surface area contributed by atoms with E-state index in [9.17, 15) is 14.4 Å². The molecule has 0 unspecified atom stereocenters. The van der Waals surface area contributed by atoms with Crippen LogP contribution in [0.15, 0.2) is 69.8 Å². The Morgan fingerprint density at radius 3 is 2.65 bits per heavy atom. The monoisotopic (exact) mass is 411 g/mol. The molecule has 6 heteroatoms. The van der Waals surface area contributed by atoms with Crippen molar-refractivity contribution in [2.24, 2.45) is 0 Å². The Bertz CT molecular complexity index is 1030. The molecule has 0 spiro atoms. The summed E-state index contributed by atoms with van der Waals surface area (Å²) < 4.78 is 24.7. The van der Waals surface area contributed by atoms with Crippen LogP contribution in [0.5, 0.6) is 5.75 Å². The van der Waals surface area contributed by atoms with Gasteiger partial charge < -0.3 is 9.15 Å². The van der Waals surface area contributed by atoms with Crippen LogP contribution in [-0.4, -0.2) is 5.97 Å². The minimum atomic E-state index is -0.647. The van der Waals surface area contributed by atoms with E-state index in [-0.39, 0.29) is 22.6 Å². The second-order valence-electron chi connectivity index (χ2n) is 5.22. The Labute approximate surface area is 157 Å². The van der Waals surface area contributed by atoms with E-state index in [1.54, 1.807) is 42.5 Å². The van der Waals surface area contributed by atoms with Gasteiger partial charge in [-0.05, 0) is 57.9 Å². The molecule has 0 aliphatic heterocycles. The first-order valence-corrected chi connectivity index (χ1v) is 8.30. The number of rotatable bonds is 4. The van der Waals surface area contributed by atoms with Gasteiger partial charge in [-0.25, -0.2) is 9.18 Å². The molecule has 1 heterocycles. The van der Waals surface area contributed by atoms with E-state index in [1.807, 2.05) is 6.07 Å². The van der Waals surface area contributed by atoms with Gasteiger partial charge in [-0.3, -0.25) is 0 Å². The largest absolute Gasteiger partial charge is 0.442 e. The van der Waals surface area contributed by atoms with Crippen LogP contribution in [0.25, 0.3) is 11.6 Å². The number of furan rings is 1. The smallest absolute Gasteiger partial charge is 0.379 e. The number of carbonyl (C=O) groups is 1. The summed E-state index contributed by atoms with van der Waals surface area (Å²) >= 11 is 3.12. The average Bonchev–Trinajstić information content (AvgIpc) is 3.07. The van der Waals surface area contributed by atoms with Gasteiger partial charge in [0, 0.05) is 5.56 Å². The Morgan fingerprint density at radius 1 is 1.15 bits per heavy atom. The fourth-order valence-corrected chi connectivity index (χ4v) is 2.57. The molecule has 0 radical (unpaired) electrons. The van der Waals surface area contributed by atoms with Crippen molar-refractivity contribution in [3.63, 3.8) is 0 Å². The summed E-state index contributed by atoms with van der Waals surface area (Å²) in [4.78, 5) is 12.0. The van der Waals surface area contributed by atoms with Crippen molar-refractivity contribution in [2.75, 3.05) is 0 Å². The van der Waals surface area contributed by atoms with Gasteiger partial charge in [0.2, 0.25) is 5.76 Å². The number of ether oxygens (including phenoxy) is 1. The van der Waals surface area contributed by atoms with Crippen molar-refractivity contribution in [1.29, 1.82) is 5.26 Å². The van der Waals surface area contributed by atoms with Gasteiger partial charge in [0.15, 0.2) is 4.67 Å². The third-order valence-corrected chi connectivity index (χ3v) is 3.86. The molecule has 0 amide bonds. The lowest BCUT2D eigenvalue weighted by Crippen LogP contribution is -2.07. The summed E-state index contributed by atoms with van der Waals surface area (Å²) in [7, 11) is 0. The van der Waals surface area contributed by atoms with E-state index >= 15 is 0 Å². The van der Waals surface area contributed by atoms with Crippen LogP contribution in [0.3, 0.4) is 0 Å². The van der Waals surface area contributed by atoms with Crippen LogP contribution >= 0.6 is 15.9 Å². The number of allylic oxidation sites excluding steroid dienone is 1. The van der Waals surface area contributed by atoms with E-state index in [1.165, 1.54) is 24.3 Å². The average molecular weight is 412 g/mol. The molecule has 3 rings (SSSR count). The van der Waals surface area contributed by atoms with E-state index in [0.717, 1.165) is 0 Å². The molecule has 0 bridgehead atoms. The van der Waals surface area contributed by atoms with Crippen LogP contribution in [0.4, 0.5) is 4.39 Å². The summed E-state index contributed by atoms with van der Waals surface area (Å²) in [6.07, 6.45) is 1.53. The lowest BCUT2D eigenvalue weighted by molar-refractivity contribution is 0.0700. The van der Waals surface area contributed by atoms with E-state index in [2.05, 4.69) is 15.9 Å². The highest BCUT2D eigenvalue weighted by Gasteiger charge is 2.13.